The highest BCUT2D eigenvalue weighted by molar-refractivity contribution is 7.10. The molecule has 0 saturated carbocycles. The first-order valence-electron chi connectivity index (χ1n) is 10.5. The molecule has 3 heterocycles. The van der Waals surface area contributed by atoms with Crippen LogP contribution in [0.1, 0.15) is 60.7 Å². The van der Waals surface area contributed by atoms with Crippen molar-refractivity contribution in [3.8, 4) is 5.75 Å². The lowest BCUT2D eigenvalue weighted by Gasteiger charge is -2.24. The minimum Gasteiger partial charge on any atom is -0.507 e. The average molecular weight is 426 g/mol. The summed E-state index contributed by atoms with van der Waals surface area (Å²) in [4.78, 5) is 28.5. The summed E-state index contributed by atoms with van der Waals surface area (Å²) >= 11 is 1.52. The summed E-state index contributed by atoms with van der Waals surface area (Å²) in [6.45, 7) is 6.59. The molecule has 6 heteroatoms. The smallest absolute Gasteiger partial charge is 0.295 e. The van der Waals surface area contributed by atoms with E-state index < -0.39 is 17.7 Å². The minimum absolute atomic E-state index is 0.0929. The second-order valence-electron chi connectivity index (χ2n) is 8.12. The molecular weight excluding hydrogens is 398 g/mol. The Labute approximate surface area is 181 Å². The van der Waals surface area contributed by atoms with Gasteiger partial charge in [0.15, 0.2) is 0 Å². The predicted octanol–water partition coefficient (Wildman–Crippen LogP) is 4.99. The summed E-state index contributed by atoms with van der Waals surface area (Å²) in [5.41, 5.74) is 2.77. The summed E-state index contributed by atoms with van der Waals surface area (Å²) < 4.78 is 5.75. The van der Waals surface area contributed by atoms with Gasteiger partial charge in [-0.05, 0) is 61.0 Å². The monoisotopic (exact) mass is 425 g/mol. The average Bonchev–Trinajstić information content (AvgIpc) is 3.37. The highest BCUT2D eigenvalue weighted by atomic mass is 32.1. The van der Waals surface area contributed by atoms with Crippen LogP contribution in [-0.2, 0) is 16.0 Å². The minimum atomic E-state index is -0.605. The molecule has 0 spiro atoms. The number of hydrogen-bond acceptors (Lipinski definition) is 5. The van der Waals surface area contributed by atoms with Crippen molar-refractivity contribution in [2.75, 3.05) is 6.54 Å². The van der Waals surface area contributed by atoms with Gasteiger partial charge in [-0.25, -0.2) is 0 Å². The largest absolute Gasteiger partial charge is 0.507 e. The van der Waals surface area contributed by atoms with Crippen molar-refractivity contribution >= 4 is 28.8 Å². The zero-order valence-corrected chi connectivity index (χ0v) is 18.4. The Kier molecular flexibility index (Phi) is 5.69. The number of rotatable bonds is 6. The molecule has 2 aliphatic rings. The number of aryl methyl sites for hydroxylation is 1. The van der Waals surface area contributed by atoms with Crippen molar-refractivity contribution < 1.29 is 19.4 Å². The Morgan fingerprint density at radius 3 is 2.77 bits per heavy atom. The van der Waals surface area contributed by atoms with Gasteiger partial charge in [-0.15, -0.1) is 11.3 Å². The maximum atomic E-state index is 13.0. The number of carbonyl (C=O) groups excluding carboxylic acids is 2. The maximum Gasteiger partial charge on any atom is 0.295 e. The van der Waals surface area contributed by atoms with Gasteiger partial charge in [0.2, 0.25) is 0 Å². The fraction of sp³-hybridized carbons (Fsp3) is 0.417. The molecule has 0 bridgehead atoms. The number of aliphatic hydroxyl groups is 1. The Balaban J connectivity index is 1.79. The third-order valence-electron chi connectivity index (χ3n) is 5.86. The van der Waals surface area contributed by atoms with E-state index in [-0.39, 0.29) is 17.4 Å². The van der Waals surface area contributed by atoms with Gasteiger partial charge in [0.25, 0.3) is 11.7 Å². The normalized spacial score (nSPS) is 22.4. The molecule has 30 heavy (non-hydrogen) atoms. The number of nitrogens with zero attached hydrogens (tertiary/aromatic N) is 1. The quantitative estimate of drug-likeness (QED) is 0.306. The Morgan fingerprint density at radius 2 is 2.07 bits per heavy atom. The number of benzene rings is 1. The van der Waals surface area contributed by atoms with Crippen molar-refractivity contribution in [1.82, 2.24) is 4.90 Å². The number of aliphatic hydroxyl groups excluding tert-OH is 1. The summed E-state index contributed by atoms with van der Waals surface area (Å²) in [5, 5.41) is 13.2. The molecule has 158 valence electrons. The second-order valence-corrected chi connectivity index (χ2v) is 9.07. The second kappa shape index (κ2) is 8.26. The van der Waals surface area contributed by atoms with E-state index in [0.29, 0.717) is 12.1 Å². The van der Waals surface area contributed by atoms with E-state index in [1.165, 1.54) is 11.3 Å². The number of likely N-dealkylation sites (tertiary alicyclic amines) is 1. The SMILES string of the molecule is CCCCCN1C(=O)C(=O)/C(=C(\O)c2ccc3c(c2)CC(C)O3)C1c1sccc1C. The highest BCUT2D eigenvalue weighted by Gasteiger charge is 2.46. The fourth-order valence-electron chi connectivity index (χ4n) is 4.30. The third kappa shape index (κ3) is 3.54. The highest BCUT2D eigenvalue weighted by Crippen LogP contribution is 2.43. The number of fused-ring (bicyclic) bond motifs is 1. The first-order chi connectivity index (χ1) is 14.4. The molecule has 1 fully saturated rings. The zero-order valence-electron chi connectivity index (χ0n) is 17.6. The number of Topliss-reactive ketones (excluding diaryl/α,β-unsaturated/α-hetero) is 1. The Hall–Kier alpha value is -2.60. The molecule has 2 aromatic rings. The number of carbonyl (C=O) groups is 2. The van der Waals surface area contributed by atoms with Crippen LogP contribution in [0, 0.1) is 6.92 Å². The van der Waals surface area contributed by atoms with E-state index in [4.69, 9.17) is 4.74 Å². The van der Waals surface area contributed by atoms with Gasteiger partial charge in [-0.1, -0.05) is 19.8 Å². The molecule has 1 amide bonds. The molecule has 2 unspecified atom stereocenters. The van der Waals surface area contributed by atoms with Gasteiger partial charge in [-0.2, -0.15) is 0 Å². The van der Waals surface area contributed by atoms with Crippen molar-refractivity contribution in [2.45, 2.75) is 58.6 Å². The van der Waals surface area contributed by atoms with E-state index in [2.05, 4.69) is 6.92 Å². The third-order valence-corrected chi connectivity index (χ3v) is 6.93. The number of unbranched alkanes of at least 4 members (excludes halogenated alkanes) is 2. The zero-order chi connectivity index (χ0) is 21.4. The van der Waals surface area contributed by atoms with Crippen LogP contribution >= 0.6 is 11.3 Å². The molecule has 1 aromatic heterocycles. The lowest BCUT2D eigenvalue weighted by atomic mass is 9.97. The van der Waals surface area contributed by atoms with Crippen molar-refractivity contribution in [3.05, 3.63) is 56.8 Å². The molecule has 2 aliphatic heterocycles. The van der Waals surface area contributed by atoms with Crippen LogP contribution < -0.4 is 4.74 Å². The lowest BCUT2D eigenvalue weighted by Crippen LogP contribution is -2.30. The van der Waals surface area contributed by atoms with Gasteiger partial charge in [0.1, 0.15) is 17.6 Å². The molecule has 5 nitrogen and oxygen atoms in total. The summed E-state index contributed by atoms with van der Waals surface area (Å²) in [6.07, 6.45) is 3.70. The Bertz CT molecular complexity index is 1020. The number of thiophene rings is 1. The van der Waals surface area contributed by atoms with Gasteiger partial charge in [0.05, 0.1) is 11.6 Å². The van der Waals surface area contributed by atoms with Gasteiger partial charge >= 0.3 is 0 Å². The molecule has 1 N–H and O–H groups in total. The van der Waals surface area contributed by atoms with E-state index >= 15 is 0 Å². The van der Waals surface area contributed by atoms with Gasteiger partial charge < -0.3 is 14.7 Å². The van der Waals surface area contributed by atoms with Crippen LogP contribution in [0.25, 0.3) is 5.76 Å². The molecule has 1 saturated heterocycles. The number of ketones is 1. The standard InChI is InChI=1S/C24H27NO4S/c1-4-5-6-10-25-20(23-14(2)9-11-30-23)19(22(27)24(25)28)21(26)16-7-8-18-17(13-16)12-15(3)29-18/h7-9,11,13,15,20,26H,4-6,10,12H2,1-3H3/b21-19-. The van der Waals surface area contributed by atoms with Crippen molar-refractivity contribution in [3.63, 3.8) is 0 Å². The predicted molar refractivity (Wildman–Crippen MR) is 118 cm³/mol. The molecular formula is C24H27NO4S. The van der Waals surface area contributed by atoms with Gasteiger partial charge in [0, 0.05) is 23.4 Å². The van der Waals surface area contributed by atoms with E-state index in [1.807, 2.05) is 37.4 Å². The van der Waals surface area contributed by atoms with Gasteiger partial charge in [-0.3, -0.25) is 9.59 Å². The van der Waals surface area contributed by atoms with Crippen LogP contribution in [0.4, 0.5) is 0 Å². The molecule has 1 aromatic carbocycles. The van der Waals surface area contributed by atoms with Crippen LogP contribution in [-0.4, -0.2) is 34.3 Å². The van der Waals surface area contributed by atoms with E-state index in [0.717, 1.165) is 47.4 Å². The first-order valence-corrected chi connectivity index (χ1v) is 11.4. The number of ether oxygens (including phenoxy) is 1. The summed E-state index contributed by atoms with van der Waals surface area (Å²) in [7, 11) is 0. The molecule has 0 radical (unpaired) electrons. The van der Waals surface area contributed by atoms with Crippen LogP contribution in [0.2, 0.25) is 0 Å². The van der Waals surface area contributed by atoms with Crippen molar-refractivity contribution in [1.29, 1.82) is 0 Å². The van der Waals surface area contributed by atoms with E-state index in [1.54, 1.807) is 11.0 Å². The van der Waals surface area contributed by atoms with Crippen LogP contribution in [0.3, 0.4) is 0 Å². The maximum absolute atomic E-state index is 13.0. The Morgan fingerprint density at radius 1 is 1.27 bits per heavy atom. The molecule has 4 rings (SSSR count). The fourth-order valence-corrected chi connectivity index (χ4v) is 5.35. The first kappa shape index (κ1) is 20.7. The van der Waals surface area contributed by atoms with Crippen LogP contribution in [0.15, 0.2) is 35.2 Å². The topological polar surface area (TPSA) is 66.8 Å². The number of amides is 1. The van der Waals surface area contributed by atoms with Crippen molar-refractivity contribution in [2.24, 2.45) is 0 Å². The van der Waals surface area contributed by atoms with E-state index in [9.17, 15) is 14.7 Å². The summed E-state index contributed by atoms with van der Waals surface area (Å²) in [5.74, 6) is -0.424. The number of hydrogen-bond donors (Lipinski definition) is 1. The lowest BCUT2D eigenvalue weighted by molar-refractivity contribution is -0.139. The van der Waals surface area contributed by atoms with Crippen LogP contribution in [0.5, 0.6) is 5.75 Å². The molecule has 0 aliphatic carbocycles. The molecule has 2 atom stereocenters. The summed E-state index contributed by atoms with van der Waals surface area (Å²) in [6, 6.07) is 6.91.